The molecule has 0 aromatic carbocycles. The fraction of sp³-hybridized carbons (Fsp3) is 0.600. The highest BCUT2D eigenvalue weighted by atomic mass is 19.3. The average Bonchev–Trinajstić information content (AvgIpc) is 2.64. The monoisotopic (exact) mass is 230 g/mol. The maximum atomic E-state index is 12.3. The van der Waals surface area contributed by atoms with E-state index in [1.807, 2.05) is 0 Å². The number of hydrogen-bond donors (Lipinski definition) is 1. The first-order valence-electron chi connectivity index (χ1n) is 5.14. The van der Waals surface area contributed by atoms with Crippen molar-refractivity contribution in [2.75, 3.05) is 0 Å². The second-order valence-electron chi connectivity index (χ2n) is 3.93. The third-order valence-corrected chi connectivity index (χ3v) is 2.88. The Kier molecular flexibility index (Phi) is 3.00. The van der Waals surface area contributed by atoms with Crippen LogP contribution in [-0.4, -0.2) is 20.8 Å². The van der Waals surface area contributed by atoms with Crippen molar-refractivity contribution in [2.24, 2.45) is 0 Å². The Labute approximate surface area is 90.6 Å². The van der Waals surface area contributed by atoms with E-state index in [1.54, 1.807) is 0 Å². The number of aliphatic hydroxyl groups is 1. The van der Waals surface area contributed by atoms with Gasteiger partial charge in [-0.3, -0.25) is 9.36 Å². The van der Waals surface area contributed by atoms with E-state index in [0.717, 1.165) is 18.8 Å². The summed E-state index contributed by atoms with van der Waals surface area (Å²) >= 11 is 0. The van der Waals surface area contributed by atoms with Gasteiger partial charge in [0.15, 0.2) is 0 Å². The molecule has 4 nitrogen and oxygen atoms in total. The Morgan fingerprint density at radius 1 is 1.50 bits per heavy atom. The fourth-order valence-electron chi connectivity index (χ4n) is 2.04. The quantitative estimate of drug-likeness (QED) is 0.832. The van der Waals surface area contributed by atoms with Gasteiger partial charge < -0.3 is 5.11 Å². The van der Waals surface area contributed by atoms with Crippen LogP contribution in [0.4, 0.5) is 8.78 Å². The van der Waals surface area contributed by atoms with Crippen LogP contribution in [0.25, 0.3) is 0 Å². The number of halogens is 2. The van der Waals surface area contributed by atoms with Gasteiger partial charge in [-0.25, -0.2) is 13.8 Å². The van der Waals surface area contributed by atoms with Crippen LogP contribution < -0.4 is 5.56 Å². The minimum atomic E-state index is -2.74. The van der Waals surface area contributed by atoms with Crippen LogP contribution in [0, 0.1) is 0 Å². The third-order valence-electron chi connectivity index (χ3n) is 2.88. The van der Waals surface area contributed by atoms with Crippen molar-refractivity contribution in [3.8, 4) is 0 Å². The van der Waals surface area contributed by atoms with Gasteiger partial charge in [-0.1, -0.05) is 0 Å². The van der Waals surface area contributed by atoms with E-state index in [2.05, 4.69) is 4.98 Å². The summed E-state index contributed by atoms with van der Waals surface area (Å²) in [4.78, 5) is 15.1. The molecule has 1 aromatic heterocycles. The van der Waals surface area contributed by atoms with E-state index in [0.29, 0.717) is 12.8 Å². The Morgan fingerprint density at radius 2 is 2.25 bits per heavy atom. The van der Waals surface area contributed by atoms with Crippen molar-refractivity contribution < 1.29 is 13.9 Å². The minimum Gasteiger partial charge on any atom is -0.391 e. The molecule has 88 valence electrons. The molecule has 16 heavy (non-hydrogen) atoms. The summed E-state index contributed by atoms with van der Waals surface area (Å²) in [6, 6.07) is 0.502. The Bertz CT molecular complexity index is 433. The van der Waals surface area contributed by atoms with Gasteiger partial charge in [0.2, 0.25) is 0 Å². The van der Waals surface area contributed by atoms with E-state index in [1.165, 1.54) is 4.57 Å². The Balaban J connectivity index is 2.32. The molecule has 0 aliphatic heterocycles. The number of nitrogens with zero attached hydrogens (tertiary/aromatic N) is 2. The molecule has 1 saturated carbocycles. The molecule has 1 aliphatic rings. The molecule has 0 spiro atoms. The molecule has 0 bridgehead atoms. The zero-order valence-electron chi connectivity index (χ0n) is 8.51. The molecule has 2 rings (SSSR count). The Hall–Kier alpha value is -1.30. The zero-order valence-corrected chi connectivity index (χ0v) is 8.51. The lowest BCUT2D eigenvalue weighted by atomic mass is 10.2. The van der Waals surface area contributed by atoms with Gasteiger partial charge in [0.25, 0.3) is 12.0 Å². The Morgan fingerprint density at radius 3 is 2.75 bits per heavy atom. The maximum absolute atomic E-state index is 12.3. The maximum Gasteiger partial charge on any atom is 0.280 e. The molecule has 1 fully saturated rings. The first-order chi connectivity index (χ1) is 7.59. The lowest BCUT2D eigenvalue weighted by Gasteiger charge is -2.17. The zero-order chi connectivity index (χ0) is 11.7. The van der Waals surface area contributed by atoms with Gasteiger partial charge >= 0.3 is 0 Å². The smallest absolute Gasteiger partial charge is 0.280 e. The van der Waals surface area contributed by atoms with Crippen LogP contribution in [0.3, 0.4) is 0 Å². The molecule has 1 aliphatic carbocycles. The largest absolute Gasteiger partial charge is 0.391 e. The van der Waals surface area contributed by atoms with Crippen LogP contribution in [0.5, 0.6) is 0 Å². The number of rotatable bonds is 2. The second kappa shape index (κ2) is 4.29. The summed E-state index contributed by atoms with van der Waals surface area (Å²) in [5.74, 6) is 0. The number of aromatic nitrogens is 2. The van der Waals surface area contributed by atoms with Crippen molar-refractivity contribution in [1.82, 2.24) is 9.55 Å². The number of hydrogen-bond acceptors (Lipinski definition) is 3. The lowest BCUT2D eigenvalue weighted by Crippen LogP contribution is -2.29. The fourth-order valence-corrected chi connectivity index (χ4v) is 2.04. The van der Waals surface area contributed by atoms with E-state index < -0.39 is 23.8 Å². The average molecular weight is 230 g/mol. The molecule has 0 radical (unpaired) electrons. The normalized spacial score (nSPS) is 25.2. The summed E-state index contributed by atoms with van der Waals surface area (Å²) in [5.41, 5.74) is -1.05. The van der Waals surface area contributed by atoms with Gasteiger partial charge in [0.05, 0.1) is 18.5 Å². The lowest BCUT2D eigenvalue weighted by molar-refractivity contribution is 0.131. The molecule has 2 atom stereocenters. The van der Waals surface area contributed by atoms with E-state index in [-0.39, 0.29) is 6.04 Å². The van der Waals surface area contributed by atoms with E-state index in [4.69, 9.17) is 0 Å². The minimum absolute atomic E-state index is 0.327. The third kappa shape index (κ3) is 1.97. The van der Waals surface area contributed by atoms with Crippen molar-refractivity contribution in [1.29, 1.82) is 0 Å². The first-order valence-corrected chi connectivity index (χ1v) is 5.14. The van der Waals surface area contributed by atoms with Gasteiger partial charge in [-0.2, -0.15) is 0 Å². The van der Waals surface area contributed by atoms with Gasteiger partial charge in [0, 0.05) is 6.07 Å². The summed E-state index contributed by atoms with van der Waals surface area (Å²) in [6.07, 6.45) is -0.0877. The van der Waals surface area contributed by atoms with Gasteiger partial charge in [-0.15, -0.1) is 0 Å². The molecular weight excluding hydrogens is 218 g/mol. The van der Waals surface area contributed by atoms with Crippen molar-refractivity contribution in [2.45, 2.75) is 37.8 Å². The number of aliphatic hydroxyl groups excluding tert-OH is 1. The predicted octanol–water partition coefficient (Wildman–Crippen LogP) is 1.27. The topological polar surface area (TPSA) is 55.1 Å². The predicted molar refractivity (Wildman–Crippen MR) is 52.3 cm³/mol. The van der Waals surface area contributed by atoms with Gasteiger partial charge in [-0.05, 0) is 19.3 Å². The summed E-state index contributed by atoms with van der Waals surface area (Å²) in [7, 11) is 0. The molecule has 6 heteroatoms. The highest BCUT2D eigenvalue weighted by Gasteiger charge is 2.27. The summed E-state index contributed by atoms with van der Waals surface area (Å²) < 4.78 is 25.8. The molecule has 1 heterocycles. The molecule has 0 amide bonds. The first kappa shape index (κ1) is 11.2. The van der Waals surface area contributed by atoms with Crippen molar-refractivity contribution in [3.63, 3.8) is 0 Å². The van der Waals surface area contributed by atoms with Crippen molar-refractivity contribution in [3.05, 3.63) is 28.4 Å². The van der Waals surface area contributed by atoms with E-state index in [9.17, 15) is 18.7 Å². The SMILES string of the molecule is O=c1cc(C(F)F)ncn1C1CCCC1O. The van der Waals surface area contributed by atoms with Crippen LogP contribution in [0.2, 0.25) is 0 Å². The van der Waals surface area contributed by atoms with Crippen molar-refractivity contribution >= 4 is 0 Å². The highest BCUT2D eigenvalue weighted by molar-refractivity contribution is 5.02. The van der Waals surface area contributed by atoms with Crippen LogP contribution in [0.15, 0.2) is 17.2 Å². The van der Waals surface area contributed by atoms with Crippen LogP contribution in [-0.2, 0) is 0 Å². The second-order valence-corrected chi connectivity index (χ2v) is 3.93. The molecular formula is C10H12F2N2O2. The van der Waals surface area contributed by atoms with E-state index >= 15 is 0 Å². The van der Waals surface area contributed by atoms with Crippen LogP contribution in [0.1, 0.15) is 37.4 Å². The summed E-state index contributed by atoms with van der Waals surface area (Å²) in [6.45, 7) is 0. The molecule has 1 N–H and O–H groups in total. The molecule has 2 unspecified atom stereocenters. The molecule has 0 saturated heterocycles. The van der Waals surface area contributed by atoms with Crippen LogP contribution >= 0.6 is 0 Å². The highest BCUT2D eigenvalue weighted by Crippen LogP contribution is 2.28. The standard InChI is InChI=1S/C10H12F2N2O2/c11-10(12)6-4-9(16)14(5-13-6)7-2-1-3-8(7)15/h4-5,7-8,10,15H,1-3H2. The molecule has 1 aromatic rings. The number of alkyl halides is 2. The van der Waals surface area contributed by atoms with Gasteiger partial charge in [0.1, 0.15) is 5.69 Å². The summed E-state index contributed by atoms with van der Waals surface area (Å²) in [5, 5.41) is 9.61.